The number of aryl methyl sites for hydroxylation is 1. The van der Waals surface area contributed by atoms with E-state index in [2.05, 4.69) is 6.92 Å². The number of ether oxygens (including phenoxy) is 2. The highest BCUT2D eigenvalue weighted by Gasteiger charge is 2.16. The van der Waals surface area contributed by atoms with Crippen molar-refractivity contribution in [1.29, 1.82) is 0 Å². The predicted octanol–water partition coefficient (Wildman–Crippen LogP) is 3.87. The average molecular weight is 286 g/mol. The molecule has 2 aromatic rings. The molecule has 21 heavy (non-hydrogen) atoms. The summed E-state index contributed by atoms with van der Waals surface area (Å²) in [6.07, 6.45) is 0.204. The van der Waals surface area contributed by atoms with Crippen molar-refractivity contribution in [2.24, 2.45) is 0 Å². The van der Waals surface area contributed by atoms with Crippen LogP contribution in [0.15, 0.2) is 42.5 Å². The molecule has 0 amide bonds. The molecule has 0 aliphatic carbocycles. The highest BCUT2D eigenvalue weighted by Crippen LogP contribution is 2.32. The molecule has 0 bridgehead atoms. The van der Waals surface area contributed by atoms with Gasteiger partial charge in [0.15, 0.2) is 0 Å². The van der Waals surface area contributed by atoms with Gasteiger partial charge in [0.05, 0.1) is 13.7 Å². The molecule has 0 aliphatic rings. The topological polar surface area (TPSA) is 38.7 Å². The zero-order valence-corrected chi connectivity index (χ0v) is 12.8. The summed E-state index contributed by atoms with van der Waals surface area (Å²) in [5.74, 6) is 1.50. The Bertz CT molecular complexity index is 593. The van der Waals surface area contributed by atoms with Crippen molar-refractivity contribution in [2.75, 3.05) is 13.7 Å². The van der Waals surface area contributed by atoms with Gasteiger partial charge in [-0.25, -0.2) is 0 Å². The van der Waals surface area contributed by atoms with Gasteiger partial charge in [-0.3, -0.25) is 0 Å². The summed E-state index contributed by atoms with van der Waals surface area (Å²) < 4.78 is 11.0. The molecule has 1 atom stereocenters. The second-order valence-corrected chi connectivity index (χ2v) is 5.02. The molecule has 112 valence electrons. The zero-order valence-electron chi connectivity index (χ0n) is 12.8. The molecule has 2 rings (SSSR count). The lowest BCUT2D eigenvalue weighted by molar-refractivity contribution is 0.210. The first-order valence-electron chi connectivity index (χ1n) is 7.21. The van der Waals surface area contributed by atoms with Gasteiger partial charge in [0.1, 0.15) is 17.6 Å². The van der Waals surface area contributed by atoms with Crippen molar-refractivity contribution < 1.29 is 14.6 Å². The fourth-order valence-electron chi connectivity index (χ4n) is 2.24. The van der Waals surface area contributed by atoms with E-state index >= 15 is 0 Å². The third-order valence-electron chi connectivity index (χ3n) is 3.42. The van der Waals surface area contributed by atoms with Crippen molar-refractivity contribution in [3.05, 3.63) is 59.2 Å². The van der Waals surface area contributed by atoms with Crippen LogP contribution in [0, 0.1) is 6.92 Å². The van der Waals surface area contributed by atoms with E-state index in [0.29, 0.717) is 6.61 Å². The summed E-state index contributed by atoms with van der Waals surface area (Å²) >= 11 is 0. The third kappa shape index (κ3) is 3.56. The Hall–Kier alpha value is -2.00. The van der Waals surface area contributed by atoms with E-state index < -0.39 is 6.10 Å². The summed E-state index contributed by atoms with van der Waals surface area (Å²) in [5.41, 5.74) is 2.62. The lowest BCUT2D eigenvalue weighted by atomic mass is 9.99. The Labute approximate surface area is 126 Å². The van der Waals surface area contributed by atoms with Crippen LogP contribution >= 0.6 is 0 Å². The van der Waals surface area contributed by atoms with Gasteiger partial charge in [-0.15, -0.1) is 0 Å². The van der Waals surface area contributed by atoms with Crippen LogP contribution in [0.3, 0.4) is 0 Å². The summed E-state index contributed by atoms with van der Waals surface area (Å²) in [6, 6.07) is 13.3. The summed E-state index contributed by atoms with van der Waals surface area (Å²) in [7, 11) is 1.64. The Morgan fingerprint density at radius 1 is 1.10 bits per heavy atom. The average Bonchev–Trinajstić information content (AvgIpc) is 2.53. The lowest BCUT2D eigenvalue weighted by Gasteiger charge is -2.17. The Morgan fingerprint density at radius 2 is 1.86 bits per heavy atom. The van der Waals surface area contributed by atoms with Crippen LogP contribution in [-0.2, 0) is 0 Å². The van der Waals surface area contributed by atoms with E-state index in [1.807, 2.05) is 49.4 Å². The largest absolute Gasteiger partial charge is 0.496 e. The van der Waals surface area contributed by atoms with Crippen LogP contribution in [0.5, 0.6) is 11.5 Å². The van der Waals surface area contributed by atoms with E-state index in [4.69, 9.17) is 9.47 Å². The smallest absolute Gasteiger partial charge is 0.125 e. The van der Waals surface area contributed by atoms with Gasteiger partial charge >= 0.3 is 0 Å². The van der Waals surface area contributed by atoms with E-state index in [1.165, 1.54) is 0 Å². The quantitative estimate of drug-likeness (QED) is 0.876. The van der Waals surface area contributed by atoms with Crippen LogP contribution in [0.25, 0.3) is 0 Å². The van der Waals surface area contributed by atoms with Crippen molar-refractivity contribution in [1.82, 2.24) is 0 Å². The van der Waals surface area contributed by atoms with Gasteiger partial charge in [0, 0.05) is 5.56 Å². The molecule has 0 spiro atoms. The molecule has 0 aromatic heterocycles. The summed E-state index contributed by atoms with van der Waals surface area (Å²) in [4.78, 5) is 0. The first kappa shape index (κ1) is 15.4. The van der Waals surface area contributed by atoms with Crippen molar-refractivity contribution in [3.8, 4) is 11.5 Å². The number of methoxy groups -OCH3 is 1. The van der Waals surface area contributed by atoms with Crippen LogP contribution in [0.2, 0.25) is 0 Å². The molecular formula is C18H22O3. The van der Waals surface area contributed by atoms with E-state index in [9.17, 15) is 5.11 Å². The highest BCUT2D eigenvalue weighted by atomic mass is 16.5. The zero-order chi connectivity index (χ0) is 15.2. The molecular weight excluding hydrogens is 264 g/mol. The predicted molar refractivity (Wildman–Crippen MR) is 84.0 cm³/mol. The second kappa shape index (κ2) is 7.14. The minimum Gasteiger partial charge on any atom is -0.496 e. The molecule has 0 heterocycles. The van der Waals surface area contributed by atoms with Crippen molar-refractivity contribution in [3.63, 3.8) is 0 Å². The molecule has 3 nitrogen and oxygen atoms in total. The van der Waals surface area contributed by atoms with Crippen LogP contribution in [0.1, 0.15) is 36.1 Å². The maximum absolute atomic E-state index is 10.6. The van der Waals surface area contributed by atoms with E-state index in [1.54, 1.807) is 7.11 Å². The van der Waals surface area contributed by atoms with Crippen molar-refractivity contribution >= 4 is 0 Å². The molecule has 2 aromatic carbocycles. The minimum absolute atomic E-state index is 0.640. The molecule has 3 heteroatoms. The lowest BCUT2D eigenvalue weighted by Crippen LogP contribution is -2.05. The van der Waals surface area contributed by atoms with Gasteiger partial charge in [-0.05, 0) is 36.6 Å². The van der Waals surface area contributed by atoms with Gasteiger partial charge in [-0.2, -0.15) is 0 Å². The normalized spacial score (nSPS) is 12.0. The maximum atomic E-state index is 10.6. The van der Waals surface area contributed by atoms with Gasteiger partial charge < -0.3 is 14.6 Å². The number of rotatable bonds is 6. The second-order valence-electron chi connectivity index (χ2n) is 5.02. The monoisotopic (exact) mass is 286 g/mol. The molecule has 0 aliphatic heterocycles. The molecule has 0 radical (unpaired) electrons. The molecule has 0 saturated heterocycles. The first-order chi connectivity index (χ1) is 10.2. The number of aliphatic hydroxyl groups is 1. The fourth-order valence-corrected chi connectivity index (χ4v) is 2.24. The Morgan fingerprint density at radius 3 is 2.57 bits per heavy atom. The fraction of sp³-hybridized carbons (Fsp3) is 0.333. The number of para-hydroxylation sites is 1. The molecule has 0 saturated carbocycles. The minimum atomic E-state index is -0.729. The Kier molecular flexibility index (Phi) is 5.23. The maximum Gasteiger partial charge on any atom is 0.125 e. The van der Waals surface area contributed by atoms with Gasteiger partial charge in [0.25, 0.3) is 0 Å². The van der Waals surface area contributed by atoms with Crippen LogP contribution in [-0.4, -0.2) is 18.8 Å². The first-order valence-corrected chi connectivity index (χ1v) is 7.21. The number of aliphatic hydroxyl groups excluding tert-OH is 1. The molecule has 1 N–H and O–H groups in total. The number of benzene rings is 2. The third-order valence-corrected chi connectivity index (χ3v) is 3.42. The van der Waals surface area contributed by atoms with Gasteiger partial charge in [0.2, 0.25) is 0 Å². The molecule has 1 unspecified atom stereocenters. The number of hydrogen-bond acceptors (Lipinski definition) is 3. The highest BCUT2D eigenvalue weighted by molar-refractivity contribution is 5.44. The van der Waals surface area contributed by atoms with E-state index in [-0.39, 0.29) is 0 Å². The van der Waals surface area contributed by atoms with Crippen LogP contribution < -0.4 is 9.47 Å². The molecule has 0 fully saturated rings. The van der Waals surface area contributed by atoms with E-state index in [0.717, 1.165) is 34.6 Å². The standard InChI is InChI=1S/C18H22O3/c1-4-11-21-16-8-6-5-7-15(16)18(19)14-10-9-13(2)17(12-14)20-3/h5-10,12,18-19H,4,11H2,1-3H3. The van der Waals surface area contributed by atoms with Crippen molar-refractivity contribution in [2.45, 2.75) is 26.4 Å². The Balaban J connectivity index is 2.33. The SMILES string of the molecule is CCCOc1ccccc1C(O)c1ccc(C)c(OC)c1. The summed E-state index contributed by atoms with van der Waals surface area (Å²) in [6.45, 7) is 4.68. The summed E-state index contributed by atoms with van der Waals surface area (Å²) in [5, 5.41) is 10.6. The van der Waals surface area contributed by atoms with Crippen LogP contribution in [0.4, 0.5) is 0 Å². The van der Waals surface area contributed by atoms with Gasteiger partial charge in [-0.1, -0.05) is 37.3 Å². The number of hydrogen-bond donors (Lipinski definition) is 1.